The van der Waals surface area contributed by atoms with Crippen molar-refractivity contribution in [3.63, 3.8) is 0 Å². The van der Waals surface area contributed by atoms with Crippen LogP contribution in [-0.2, 0) is 6.42 Å². The number of thioether (sulfide) groups is 1. The van der Waals surface area contributed by atoms with E-state index in [1.165, 1.54) is 10.5 Å². The van der Waals surface area contributed by atoms with Crippen molar-refractivity contribution in [3.8, 4) is 0 Å². The normalized spacial score (nSPS) is 9.75. The lowest BCUT2D eigenvalue weighted by Gasteiger charge is -2.00. The molecule has 12 heavy (non-hydrogen) atoms. The fraction of sp³-hybridized carbons (Fsp3) is 0.300. The Morgan fingerprint density at radius 3 is 3.00 bits per heavy atom. The number of nitrogens with zero attached hydrogens (tertiary/aromatic N) is 1. The highest BCUT2D eigenvalue weighted by molar-refractivity contribution is 7.98. The van der Waals surface area contributed by atoms with Crippen molar-refractivity contribution in [2.45, 2.75) is 11.3 Å². The predicted molar refractivity (Wildman–Crippen MR) is 56.3 cm³/mol. The molecule has 64 valence electrons. The van der Waals surface area contributed by atoms with Gasteiger partial charge >= 0.3 is 0 Å². The number of hydrogen-bond donors (Lipinski definition) is 0. The van der Waals surface area contributed by atoms with Crippen molar-refractivity contribution in [3.05, 3.63) is 29.8 Å². The largest absolute Gasteiger partial charge is 0.301 e. The van der Waals surface area contributed by atoms with Gasteiger partial charge < -0.3 is 4.99 Å². The van der Waals surface area contributed by atoms with E-state index >= 15 is 0 Å². The summed E-state index contributed by atoms with van der Waals surface area (Å²) < 4.78 is 0. The van der Waals surface area contributed by atoms with Gasteiger partial charge in [-0.1, -0.05) is 12.1 Å². The van der Waals surface area contributed by atoms with Crippen LogP contribution in [0.1, 0.15) is 5.56 Å². The molecule has 0 bridgehead atoms. The molecule has 0 aliphatic carbocycles. The number of rotatable bonds is 4. The fourth-order valence-corrected chi connectivity index (χ4v) is 1.52. The summed E-state index contributed by atoms with van der Waals surface area (Å²) in [5.74, 6) is 0. The second-order valence-corrected chi connectivity index (χ2v) is 3.43. The van der Waals surface area contributed by atoms with E-state index in [0.29, 0.717) is 0 Å². The molecule has 1 aromatic rings. The molecule has 0 unspecified atom stereocenters. The average molecular weight is 179 g/mol. The first-order valence-corrected chi connectivity index (χ1v) is 5.14. The van der Waals surface area contributed by atoms with Crippen molar-refractivity contribution in [2.24, 2.45) is 4.99 Å². The molecule has 0 saturated carbocycles. The van der Waals surface area contributed by atoms with Crippen LogP contribution in [0.4, 0.5) is 0 Å². The molecule has 2 heteroatoms. The van der Waals surface area contributed by atoms with Crippen LogP contribution in [0, 0.1) is 0 Å². The SMILES string of the molecule is C=NCCc1cccc(SC)c1. The van der Waals surface area contributed by atoms with Crippen molar-refractivity contribution in [1.29, 1.82) is 0 Å². The smallest absolute Gasteiger partial charge is 0.0422 e. The lowest BCUT2D eigenvalue weighted by Crippen LogP contribution is -1.88. The van der Waals surface area contributed by atoms with Gasteiger partial charge in [0.2, 0.25) is 0 Å². The molecule has 1 nitrogen and oxygen atoms in total. The van der Waals surface area contributed by atoms with Crippen molar-refractivity contribution >= 4 is 18.5 Å². The van der Waals surface area contributed by atoms with Crippen LogP contribution in [0.5, 0.6) is 0 Å². The van der Waals surface area contributed by atoms with E-state index in [9.17, 15) is 0 Å². The van der Waals surface area contributed by atoms with Crippen LogP contribution in [0.15, 0.2) is 34.2 Å². The van der Waals surface area contributed by atoms with Gasteiger partial charge in [-0.2, -0.15) is 0 Å². The molecule has 0 amide bonds. The minimum absolute atomic E-state index is 0.817. The van der Waals surface area contributed by atoms with E-state index in [1.54, 1.807) is 11.8 Å². The number of hydrogen-bond acceptors (Lipinski definition) is 2. The van der Waals surface area contributed by atoms with Crippen LogP contribution < -0.4 is 0 Å². The Morgan fingerprint density at radius 2 is 2.33 bits per heavy atom. The summed E-state index contributed by atoms with van der Waals surface area (Å²) in [6.45, 7) is 4.28. The standard InChI is InChI=1S/C10H13NS/c1-11-7-6-9-4-3-5-10(8-9)12-2/h3-5,8H,1,6-7H2,2H3. The Hall–Kier alpha value is -0.760. The first-order chi connectivity index (χ1) is 5.86. The summed E-state index contributed by atoms with van der Waals surface area (Å²) in [4.78, 5) is 5.15. The van der Waals surface area contributed by atoms with Crippen molar-refractivity contribution < 1.29 is 0 Å². The lowest BCUT2D eigenvalue weighted by atomic mass is 10.1. The fourth-order valence-electron chi connectivity index (χ4n) is 1.04. The summed E-state index contributed by atoms with van der Waals surface area (Å²) in [5.41, 5.74) is 1.34. The molecule has 0 aromatic heterocycles. The van der Waals surface area contributed by atoms with Gasteiger partial charge in [0.1, 0.15) is 0 Å². The third-order valence-corrected chi connectivity index (χ3v) is 2.42. The van der Waals surface area contributed by atoms with Gasteiger partial charge in [0, 0.05) is 11.4 Å². The van der Waals surface area contributed by atoms with Gasteiger partial charge in [0.25, 0.3) is 0 Å². The maximum atomic E-state index is 3.83. The monoisotopic (exact) mass is 179 g/mol. The third kappa shape index (κ3) is 2.70. The van der Waals surface area contributed by atoms with Gasteiger partial charge in [-0.05, 0) is 37.1 Å². The maximum absolute atomic E-state index is 3.83. The first kappa shape index (κ1) is 9.33. The van der Waals surface area contributed by atoms with E-state index < -0.39 is 0 Å². The van der Waals surface area contributed by atoms with Crippen molar-refractivity contribution in [1.82, 2.24) is 0 Å². The maximum Gasteiger partial charge on any atom is 0.0422 e. The molecule has 1 rings (SSSR count). The molecule has 0 spiro atoms. The highest BCUT2D eigenvalue weighted by atomic mass is 32.2. The molecule has 1 aromatic carbocycles. The predicted octanol–water partition coefficient (Wildman–Crippen LogP) is 2.65. The molecule has 0 heterocycles. The van der Waals surface area contributed by atoms with Gasteiger partial charge in [0.05, 0.1) is 0 Å². The third-order valence-electron chi connectivity index (χ3n) is 1.69. The second-order valence-electron chi connectivity index (χ2n) is 2.55. The van der Waals surface area contributed by atoms with E-state index in [1.807, 2.05) is 0 Å². The zero-order valence-corrected chi connectivity index (χ0v) is 8.10. The molecular weight excluding hydrogens is 166 g/mol. The summed E-state index contributed by atoms with van der Waals surface area (Å²) in [7, 11) is 0. The van der Waals surface area contributed by atoms with E-state index in [2.05, 4.69) is 42.2 Å². The molecule has 0 saturated heterocycles. The van der Waals surface area contributed by atoms with Crippen LogP contribution in [0.3, 0.4) is 0 Å². The molecule has 0 N–H and O–H groups in total. The number of aliphatic imine (C=N–C) groups is 1. The Labute approximate surface area is 77.9 Å². The summed E-state index contributed by atoms with van der Waals surface area (Å²) in [5, 5.41) is 0. The van der Waals surface area contributed by atoms with Gasteiger partial charge in [-0.3, -0.25) is 0 Å². The van der Waals surface area contributed by atoms with Crippen LogP contribution in [-0.4, -0.2) is 19.5 Å². The highest BCUT2D eigenvalue weighted by Crippen LogP contribution is 2.15. The Bertz CT molecular complexity index is 258. The molecule has 0 aliphatic heterocycles. The van der Waals surface area contributed by atoms with Gasteiger partial charge in [-0.25, -0.2) is 0 Å². The van der Waals surface area contributed by atoms with Crippen LogP contribution in [0.25, 0.3) is 0 Å². The van der Waals surface area contributed by atoms with E-state index in [0.717, 1.165) is 13.0 Å². The quantitative estimate of drug-likeness (QED) is 0.511. The Balaban J connectivity index is 2.65. The minimum Gasteiger partial charge on any atom is -0.301 e. The van der Waals surface area contributed by atoms with Gasteiger partial charge in [-0.15, -0.1) is 11.8 Å². The number of benzene rings is 1. The summed E-state index contributed by atoms with van der Waals surface area (Å²) in [6, 6.07) is 8.54. The van der Waals surface area contributed by atoms with Crippen molar-refractivity contribution in [2.75, 3.05) is 12.8 Å². The molecule has 0 aliphatic rings. The zero-order chi connectivity index (χ0) is 8.81. The Morgan fingerprint density at radius 1 is 1.50 bits per heavy atom. The average Bonchev–Trinajstić information content (AvgIpc) is 2.15. The van der Waals surface area contributed by atoms with Crippen LogP contribution >= 0.6 is 11.8 Å². The second kappa shape index (κ2) is 4.99. The Kier molecular flexibility index (Phi) is 3.88. The van der Waals surface area contributed by atoms with E-state index in [4.69, 9.17) is 0 Å². The minimum atomic E-state index is 0.817. The molecule has 0 radical (unpaired) electrons. The molecule has 0 fully saturated rings. The van der Waals surface area contributed by atoms with Crippen LogP contribution in [0.2, 0.25) is 0 Å². The first-order valence-electron chi connectivity index (χ1n) is 3.92. The zero-order valence-electron chi connectivity index (χ0n) is 7.29. The topological polar surface area (TPSA) is 12.4 Å². The van der Waals surface area contributed by atoms with E-state index in [-0.39, 0.29) is 0 Å². The lowest BCUT2D eigenvalue weighted by molar-refractivity contribution is 0.972. The molecule has 0 atom stereocenters. The summed E-state index contributed by atoms with van der Waals surface area (Å²) >= 11 is 1.77. The molecular formula is C10H13NS. The summed E-state index contributed by atoms with van der Waals surface area (Å²) in [6.07, 6.45) is 3.09. The van der Waals surface area contributed by atoms with Gasteiger partial charge in [0.15, 0.2) is 0 Å². The highest BCUT2D eigenvalue weighted by Gasteiger charge is 1.93.